The van der Waals surface area contributed by atoms with Gasteiger partial charge in [-0.3, -0.25) is 0 Å². The summed E-state index contributed by atoms with van der Waals surface area (Å²) in [6, 6.07) is 5.88. The van der Waals surface area contributed by atoms with Crippen molar-refractivity contribution in [3.05, 3.63) is 51.1 Å². The van der Waals surface area contributed by atoms with Crippen LogP contribution < -0.4 is 4.74 Å². The number of aromatic carboxylic acids is 1. The van der Waals surface area contributed by atoms with Crippen molar-refractivity contribution in [2.24, 2.45) is 0 Å². The number of ether oxygens (including phenoxy) is 1. The standard InChI is InChI=1S/C12H6Cl3NO3/c13-6-1-2-10(8(14)3-6)19-11-4-7(12(17)18)9(15)5-16-11/h1-5H,(H,17,18). The molecule has 98 valence electrons. The van der Waals surface area contributed by atoms with E-state index in [1.54, 1.807) is 12.1 Å². The highest BCUT2D eigenvalue weighted by Crippen LogP contribution is 2.31. The molecule has 0 bridgehead atoms. The van der Waals surface area contributed by atoms with E-state index >= 15 is 0 Å². The maximum Gasteiger partial charge on any atom is 0.337 e. The number of aromatic nitrogens is 1. The van der Waals surface area contributed by atoms with E-state index in [-0.39, 0.29) is 16.5 Å². The summed E-state index contributed by atoms with van der Waals surface area (Å²) in [6.07, 6.45) is 1.20. The second kappa shape index (κ2) is 5.65. The molecule has 0 radical (unpaired) electrons. The fourth-order valence-corrected chi connectivity index (χ4v) is 1.94. The molecule has 0 aliphatic rings. The average molecular weight is 319 g/mol. The van der Waals surface area contributed by atoms with Crippen molar-refractivity contribution in [3.63, 3.8) is 0 Å². The minimum atomic E-state index is -1.17. The van der Waals surface area contributed by atoms with E-state index in [0.29, 0.717) is 15.8 Å². The molecule has 4 nitrogen and oxygen atoms in total. The molecule has 0 amide bonds. The monoisotopic (exact) mass is 317 g/mol. The zero-order valence-electron chi connectivity index (χ0n) is 9.23. The van der Waals surface area contributed by atoms with Crippen LogP contribution in [0.25, 0.3) is 0 Å². The molecule has 19 heavy (non-hydrogen) atoms. The first-order valence-corrected chi connectivity index (χ1v) is 6.12. The molecule has 0 atom stereocenters. The molecule has 1 N–H and O–H groups in total. The quantitative estimate of drug-likeness (QED) is 0.903. The highest BCUT2D eigenvalue weighted by molar-refractivity contribution is 6.35. The molecule has 2 rings (SSSR count). The van der Waals surface area contributed by atoms with Crippen molar-refractivity contribution >= 4 is 40.8 Å². The minimum Gasteiger partial charge on any atom is -0.478 e. The second-order valence-corrected chi connectivity index (χ2v) is 4.74. The van der Waals surface area contributed by atoms with Gasteiger partial charge in [-0.25, -0.2) is 9.78 Å². The number of hydrogen-bond acceptors (Lipinski definition) is 3. The van der Waals surface area contributed by atoms with Crippen LogP contribution in [0.15, 0.2) is 30.5 Å². The highest BCUT2D eigenvalue weighted by atomic mass is 35.5. The maximum absolute atomic E-state index is 10.9. The Morgan fingerprint density at radius 2 is 1.89 bits per heavy atom. The summed E-state index contributed by atoms with van der Waals surface area (Å²) < 4.78 is 5.39. The summed E-state index contributed by atoms with van der Waals surface area (Å²) in [5, 5.41) is 9.72. The lowest BCUT2D eigenvalue weighted by atomic mass is 10.2. The summed E-state index contributed by atoms with van der Waals surface area (Å²) in [5.41, 5.74) is -0.100. The normalized spacial score (nSPS) is 10.3. The highest BCUT2D eigenvalue weighted by Gasteiger charge is 2.12. The van der Waals surface area contributed by atoms with Gasteiger partial charge in [-0.15, -0.1) is 0 Å². The molecule has 0 saturated carbocycles. The van der Waals surface area contributed by atoms with Gasteiger partial charge in [-0.2, -0.15) is 0 Å². The molecule has 7 heteroatoms. The first-order chi connectivity index (χ1) is 8.97. The zero-order chi connectivity index (χ0) is 14.0. The van der Waals surface area contributed by atoms with Crippen LogP contribution in [0.4, 0.5) is 0 Å². The van der Waals surface area contributed by atoms with Crippen LogP contribution >= 0.6 is 34.8 Å². The lowest BCUT2D eigenvalue weighted by molar-refractivity contribution is 0.0696. The van der Waals surface area contributed by atoms with Gasteiger partial charge in [-0.05, 0) is 18.2 Å². The van der Waals surface area contributed by atoms with Crippen LogP contribution in [0.1, 0.15) is 10.4 Å². The molecule has 2 aromatic rings. The molecule has 1 aromatic heterocycles. The number of pyridine rings is 1. The summed E-state index contributed by atoms with van der Waals surface area (Å²) in [6.45, 7) is 0. The molecule has 0 fully saturated rings. The lowest BCUT2D eigenvalue weighted by Crippen LogP contribution is -1.99. The first kappa shape index (κ1) is 13.9. The van der Waals surface area contributed by atoms with Crippen LogP contribution in [-0.2, 0) is 0 Å². The number of hydrogen-bond donors (Lipinski definition) is 1. The predicted molar refractivity (Wildman–Crippen MR) is 72.7 cm³/mol. The van der Waals surface area contributed by atoms with Gasteiger partial charge in [0.1, 0.15) is 5.75 Å². The number of carboxylic acids is 1. The summed E-state index contributed by atoms with van der Waals surface area (Å²) in [7, 11) is 0. The van der Waals surface area contributed by atoms with Crippen molar-refractivity contribution in [2.75, 3.05) is 0 Å². The molecular formula is C12H6Cl3NO3. The van der Waals surface area contributed by atoms with Gasteiger partial charge in [0.25, 0.3) is 0 Å². The third kappa shape index (κ3) is 3.29. The van der Waals surface area contributed by atoms with Gasteiger partial charge in [0.2, 0.25) is 5.88 Å². The van der Waals surface area contributed by atoms with Gasteiger partial charge in [-0.1, -0.05) is 34.8 Å². The van der Waals surface area contributed by atoms with E-state index in [9.17, 15) is 4.79 Å². The molecule has 0 aliphatic heterocycles. The van der Waals surface area contributed by atoms with Gasteiger partial charge in [0.05, 0.1) is 21.8 Å². The Bertz CT molecular complexity index is 646. The Kier molecular flexibility index (Phi) is 4.14. The first-order valence-electron chi connectivity index (χ1n) is 4.99. The van der Waals surface area contributed by atoms with Crippen LogP contribution in [0, 0.1) is 0 Å². The second-order valence-electron chi connectivity index (χ2n) is 3.48. The Labute approximate surface area is 123 Å². The molecular weight excluding hydrogens is 312 g/mol. The van der Waals surface area contributed by atoms with Crippen molar-refractivity contribution in [1.29, 1.82) is 0 Å². The number of rotatable bonds is 3. The van der Waals surface area contributed by atoms with Crippen molar-refractivity contribution < 1.29 is 14.6 Å². The van der Waals surface area contributed by atoms with Gasteiger partial charge in [0.15, 0.2) is 0 Å². The number of carboxylic acid groups (broad SMARTS) is 1. The third-order valence-corrected chi connectivity index (χ3v) is 3.00. The largest absolute Gasteiger partial charge is 0.478 e. The smallest absolute Gasteiger partial charge is 0.337 e. The van der Waals surface area contributed by atoms with Crippen molar-refractivity contribution in [2.45, 2.75) is 0 Å². The van der Waals surface area contributed by atoms with E-state index in [4.69, 9.17) is 44.6 Å². The number of benzene rings is 1. The summed E-state index contributed by atoms with van der Waals surface area (Å²) in [4.78, 5) is 14.8. The van der Waals surface area contributed by atoms with E-state index in [1.165, 1.54) is 18.3 Å². The van der Waals surface area contributed by atoms with Gasteiger partial charge >= 0.3 is 5.97 Å². The fourth-order valence-electron chi connectivity index (χ4n) is 1.31. The summed E-state index contributed by atoms with van der Waals surface area (Å²) in [5.74, 6) is -0.775. The Morgan fingerprint density at radius 1 is 1.16 bits per heavy atom. The van der Waals surface area contributed by atoms with Crippen LogP contribution in [0.5, 0.6) is 11.6 Å². The minimum absolute atomic E-state index is 0.0297. The topological polar surface area (TPSA) is 59.4 Å². The third-order valence-electron chi connectivity index (χ3n) is 2.17. The van der Waals surface area contributed by atoms with Gasteiger partial charge < -0.3 is 9.84 Å². The average Bonchev–Trinajstić information content (AvgIpc) is 2.34. The Hall–Kier alpha value is -1.49. The molecule has 0 saturated heterocycles. The predicted octanol–water partition coefficient (Wildman–Crippen LogP) is 4.53. The number of nitrogens with zero attached hydrogens (tertiary/aromatic N) is 1. The summed E-state index contributed by atoms with van der Waals surface area (Å²) >= 11 is 17.4. The fraction of sp³-hybridized carbons (Fsp3) is 0. The van der Waals surface area contributed by atoms with E-state index in [1.807, 2.05) is 0 Å². The SMILES string of the molecule is O=C(O)c1cc(Oc2ccc(Cl)cc2Cl)ncc1Cl. The lowest BCUT2D eigenvalue weighted by Gasteiger charge is -2.08. The van der Waals surface area contributed by atoms with Crippen LogP contribution in [0.2, 0.25) is 15.1 Å². The van der Waals surface area contributed by atoms with E-state index in [2.05, 4.69) is 4.98 Å². The van der Waals surface area contributed by atoms with Crippen molar-refractivity contribution in [1.82, 2.24) is 4.98 Å². The van der Waals surface area contributed by atoms with E-state index in [0.717, 1.165) is 0 Å². The molecule has 1 aromatic carbocycles. The van der Waals surface area contributed by atoms with Crippen molar-refractivity contribution in [3.8, 4) is 11.6 Å². The molecule has 0 unspecified atom stereocenters. The molecule has 1 heterocycles. The van der Waals surface area contributed by atoms with Crippen LogP contribution in [-0.4, -0.2) is 16.1 Å². The molecule has 0 spiro atoms. The molecule has 0 aliphatic carbocycles. The maximum atomic E-state index is 10.9. The van der Waals surface area contributed by atoms with E-state index < -0.39 is 5.97 Å². The number of halogens is 3. The van der Waals surface area contributed by atoms with Crippen LogP contribution in [0.3, 0.4) is 0 Å². The Morgan fingerprint density at radius 3 is 2.53 bits per heavy atom. The zero-order valence-corrected chi connectivity index (χ0v) is 11.5. The van der Waals surface area contributed by atoms with Gasteiger partial charge in [0, 0.05) is 11.1 Å². The number of carbonyl (C=O) groups is 1. The Balaban J connectivity index is 2.33.